The van der Waals surface area contributed by atoms with Gasteiger partial charge < -0.3 is 9.67 Å². The van der Waals surface area contributed by atoms with Crippen molar-refractivity contribution in [1.29, 1.82) is 0 Å². The molecule has 1 atom stereocenters. The Morgan fingerprint density at radius 1 is 1.20 bits per heavy atom. The summed E-state index contributed by atoms with van der Waals surface area (Å²) >= 11 is 0. The van der Waals surface area contributed by atoms with E-state index in [4.69, 9.17) is 0 Å². The molecule has 1 unspecified atom stereocenters. The molecular formula is C17H24N2O. The fraction of sp³-hybridized carbons (Fsp3) is 0.471. The number of aryl methyl sites for hydroxylation is 1. The summed E-state index contributed by atoms with van der Waals surface area (Å²) in [5.74, 6) is 0.542. The normalized spacial score (nSPS) is 12.8. The molecule has 0 fully saturated rings. The standard InChI is InChI=1S/C17H24N2O/c1-4-9-19-12-18-11-16(19)17(20)10-14-5-7-15(8-6-14)13(2)3/h5-8,11-13,17,20H,4,9-10H2,1-3H3. The highest BCUT2D eigenvalue weighted by Crippen LogP contribution is 2.20. The lowest BCUT2D eigenvalue weighted by Gasteiger charge is -2.14. The molecule has 0 aliphatic heterocycles. The number of rotatable bonds is 6. The van der Waals surface area contributed by atoms with E-state index in [1.54, 1.807) is 12.5 Å². The van der Waals surface area contributed by atoms with Crippen molar-refractivity contribution in [2.24, 2.45) is 0 Å². The lowest BCUT2D eigenvalue weighted by Crippen LogP contribution is -2.09. The van der Waals surface area contributed by atoms with Crippen LogP contribution in [0.15, 0.2) is 36.8 Å². The number of nitrogens with zero attached hydrogens (tertiary/aromatic N) is 2. The number of benzene rings is 1. The highest BCUT2D eigenvalue weighted by atomic mass is 16.3. The molecular weight excluding hydrogens is 248 g/mol. The lowest BCUT2D eigenvalue weighted by molar-refractivity contribution is 0.168. The summed E-state index contributed by atoms with van der Waals surface area (Å²) < 4.78 is 2.03. The first kappa shape index (κ1) is 14.8. The highest BCUT2D eigenvalue weighted by Gasteiger charge is 2.13. The summed E-state index contributed by atoms with van der Waals surface area (Å²) in [6, 6.07) is 8.52. The Kier molecular flexibility index (Phi) is 4.96. The summed E-state index contributed by atoms with van der Waals surface area (Å²) in [4.78, 5) is 4.14. The Morgan fingerprint density at radius 3 is 2.50 bits per heavy atom. The number of aliphatic hydroxyl groups excluding tert-OH is 1. The van der Waals surface area contributed by atoms with E-state index in [-0.39, 0.29) is 0 Å². The monoisotopic (exact) mass is 272 g/mol. The maximum Gasteiger partial charge on any atom is 0.0995 e. The van der Waals surface area contributed by atoms with Gasteiger partial charge >= 0.3 is 0 Å². The van der Waals surface area contributed by atoms with E-state index in [1.807, 2.05) is 4.57 Å². The van der Waals surface area contributed by atoms with Crippen LogP contribution >= 0.6 is 0 Å². The van der Waals surface area contributed by atoms with Crippen LogP contribution in [0.1, 0.15) is 56.0 Å². The van der Waals surface area contributed by atoms with Gasteiger partial charge in [-0.25, -0.2) is 4.98 Å². The van der Waals surface area contributed by atoms with Gasteiger partial charge in [0.1, 0.15) is 0 Å². The second-order valence-electron chi connectivity index (χ2n) is 5.63. The Labute approximate surface area is 121 Å². The van der Waals surface area contributed by atoms with E-state index in [9.17, 15) is 5.11 Å². The SMILES string of the molecule is CCCn1cncc1C(O)Cc1ccc(C(C)C)cc1. The van der Waals surface area contributed by atoms with Gasteiger partial charge in [0, 0.05) is 13.0 Å². The molecule has 0 bridgehead atoms. The van der Waals surface area contributed by atoms with Crippen LogP contribution in [-0.4, -0.2) is 14.7 Å². The summed E-state index contributed by atoms with van der Waals surface area (Å²) in [7, 11) is 0. The van der Waals surface area contributed by atoms with Gasteiger partial charge in [-0.3, -0.25) is 0 Å². The largest absolute Gasteiger partial charge is 0.386 e. The number of aromatic nitrogens is 2. The number of imidazole rings is 1. The van der Waals surface area contributed by atoms with Gasteiger partial charge in [0.05, 0.1) is 24.3 Å². The van der Waals surface area contributed by atoms with Crippen LogP contribution in [0.5, 0.6) is 0 Å². The van der Waals surface area contributed by atoms with Crippen molar-refractivity contribution < 1.29 is 5.11 Å². The van der Waals surface area contributed by atoms with Crippen LogP contribution in [-0.2, 0) is 13.0 Å². The predicted molar refractivity (Wildman–Crippen MR) is 81.7 cm³/mol. The molecule has 2 aromatic rings. The van der Waals surface area contributed by atoms with Gasteiger partial charge in [-0.2, -0.15) is 0 Å². The molecule has 0 aliphatic carbocycles. The maximum atomic E-state index is 10.4. The highest BCUT2D eigenvalue weighted by molar-refractivity contribution is 5.25. The lowest BCUT2D eigenvalue weighted by atomic mass is 9.99. The molecule has 2 rings (SSSR count). The first-order chi connectivity index (χ1) is 9.61. The van der Waals surface area contributed by atoms with Crippen LogP contribution < -0.4 is 0 Å². The van der Waals surface area contributed by atoms with Gasteiger partial charge in [0.15, 0.2) is 0 Å². The van der Waals surface area contributed by atoms with Crippen molar-refractivity contribution in [1.82, 2.24) is 9.55 Å². The van der Waals surface area contributed by atoms with Crippen LogP contribution in [0.4, 0.5) is 0 Å². The Hall–Kier alpha value is -1.61. The third kappa shape index (κ3) is 3.48. The van der Waals surface area contributed by atoms with Gasteiger partial charge in [0.2, 0.25) is 0 Å². The first-order valence-electron chi connectivity index (χ1n) is 7.38. The smallest absolute Gasteiger partial charge is 0.0995 e. The van der Waals surface area contributed by atoms with Crippen LogP contribution in [0, 0.1) is 0 Å². The van der Waals surface area contributed by atoms with Crippen molar-refractivity contribution in [3.8, 4) is 0 Å². The van der Waals surface area contributed by atoms with Crippen molar-refractivity contribution in [3.05, 3.63) is 53.6 Å². The first-order valence-corrected chi connectivity index (χ1v) is 7.38. The second kappa shape index (κ2) is 6.71. The average molecular weight is 272 g/mol. The minimum absolute atomic E-state index is 0.492. The van der Waals surface area contributed by atoms with E-state index < -0.39 is 6.10 Å². The number of hydrogen-bond acceptors (Lipinski definition) is 2. The third-order valence-electron chi connectivity index (χ3n) is 3.63. The van der Waals surface area contributed by atoms with Crippen molar-refractivity contribution in [2.75, 3.05) is 0 Å². The van der Waals surface area contributed by atoms with Gasteiger partial charge in [-0.15, -0.1) is 0 Å². The second-order valence-corrected chi connectivity index (χ2v) is 5.63. The molecule has 1 aromatic carbocycles. The fourth-order valence-electron chi connectivity index (χ4n) is 2.40. The zero-order valence-corrected chi connectivity index (χ0v) is 12.6. The molecule has 108 valence electrons. The van der Waals surface area contributed by atoms with Crippen LogP contribution in [0.25, 0.3) is 0 Å². The number of hydrogen-bond donors (Lipinski definition) is 1. The van der Waals surface area contributed by atoms with Gasteiger partial charge in [-0.05, 0) is 23.5 Å². The molecule has 20 heavy (non-hydrogen) atoms. The zero-order valence-electron chi connectivity index (χ0n) is 12.6. The molecule has 0 amide bonds. The topological polar surface area (TPSA) is 38.0 Å². The van der Waals surface area contributed by atoms with Gasteiger partial charge in [-0.1, -0.05) is 45.0 Å². The van der Waals surface area contributed by atoms with E-state index in [2.05, 4.69) is 50.0 Å². The molecule has 1 N–H and O–H groups in total. The maximum absolute atomic E-state index is 10.4. The van der Waals surface area contributed by atoms with E-state index in [1.165, 1.54) is 5.56 Å². The van der Waals surface area contributed by atoms with Crippen molar-refractivity contribution in [2.45, 2.75) is 52.2 Å². The Morgan fingerprint density at radius 2 is 1.90 bits per heavy atom. The molecule has 0 saturated carbocycles. The quantitative estimate of drug-likeness (QED) is 0.871. The Bertz CT molecular complexity index is 528. The van der Waals surface area contributed by atoms with Crippen LogP contribution in [0.3, 0.4) is 0 Å². The van der Waals surface area contributed by atoms with E-state index in [0.29, 0.717) is 12.3 Å². The molecule has 0 saturated heterocycles. The van der Waals surface area contributed by atoms with Gasteiger partial charge in [0.25, 0.3) is 0 Å². The Balaban J connectivity index is 2.07. The van der Waals surface area contributed by atoms with Crippen LogP contribution in [0.2, 0.25) is 0 Å². The molecule has 0 radical (unpaired) electrons. The average Bonchev–Trinajstić information content (AvgIpc) is 2.88. The van der Waals surface area contributed by atoms with E-state index in [0.717, 1.165) is 24.2 Å². The molecule has 0 aliphatic rings. The molecule has 0 spiro atoms. The fourth-order valence-corrected chi connectivity index (χ4v) is 2.40. The van der Waals surface area contributed by atoms with Crippen molar-refractivity contribution in [3.63, 3.8) is 0 Å². The molecule has 1 aromatic heterocycles. The van der Waals surface area contributed by atoms with Crippen molar-refractivity contribution >= 4 is 0 Å². The molecule has 1 heterocycles. The van der Waals surface area contributed by atoms with E-state index >= 15 is 0 Å². The summed E-state index contributed by atoms with van der Waals surface area (Å²) in [6.45, 7) is 7.40. The minimum Gasteiger partial charge on any atom is -0.386 e. The molecule has 3 nitrogen and oxygen atoms in total. The zero-order chi connectivity index (χ0) is 14.5. The minimum atomic E-state index is -0.492. The summed E-state index contributed by atoms with van der Waals surface area (Å²) in [5, 5.41) is 10.4. The predicted octanol–water partition coefficient (Wildman–Crippen LogP) is 3.69. The molecule has 3 heteroatoms. The number of aliphatic hydroxyl groups is 1. The summed E-state index contributed by atoms with van der Waals surface area (Å²) in [6.07, 6.45) is 4.74. The summed E-state index contributed by atoms with van der Waals surface area (Å²) in [5.41, 5.74) is 3.39. The third-order valence-corrected chi connectivity index (χ3v) is 3.63.